The average Bonchev–Trinajstić information content (AvgIpc) is 2.73. The first-order valence-electron chi connectivity index (χ1n) is 10.4. The third-order valence-electron chi connectivity index (χ3n) is 5.22. The van der Waals surface area contributed by atoms with Crippen molar-refractivity contribution in [3.63, 3.8) is 0 Å². The number of likely N-dealkylation sites (N-methyl/N-ethyl adjacent to an activating group) is 1. The van der Waals surface area contributed by atoms with E-state index in [1.807, 2.05) is 6.92 Å². The van der Waals surface area contributed by atoms with Crippen LogP contribution < -0.4 is 4.74 Å². The molecule has 1 aromatic rings. The van der Waals surface area contributed by atoms with Crippen LogP contribution in [0.3, 0.4) is 0 Å². The molecule has 0 bridgehead atoms. The molecule has 0 aromatic heterocycles. The van der Waals surface area contributed by atoms with Crippen molar-refractivity contribution in [2.24, 2.45) is 5.92 Å². The van der Waals surface area contributed by atoms with Crippen molar-refractivity contribution >= 4 is 21.9 Å². The molecule has 1 heterocycles. The number of ether oxygens (including phenoxy) is 2. The SMILES string of the molecule is CCOC(=O)C1CCN(C(=O)CN(CC)S(=O)(=O)c2ccc(OCC)c(C)c2)CC1. The Morgan fingerprint density at radius 1 is 1.13 bits per heavy atom. The lowest BCUT2D eigenvalue weighted by Crippen LogP contribution is -2.46. The summed E-state index contributed by atoms with van der Waals surface area (Å²) in [5, 5.41) is 0. The summed E-state index contributed by atoms with van der Waals surface area (Å²) in [7, 11) is -3.81. The van der Waals surface area contributed by atoms with Crippen LogP contribution in [0.25, 0.3) is 0 Å². The van der Waals surface area contributed by atoms with Gasteiger partial charge in [0, 0.05) is 19.6 Å². The van der Waals surface area contributed by atoms with Gasteiger partial charge in [0.15, 0.2) is 0 Å². The molecule has 1 aromatic carbocycles. The molecule has 1 fully saturated rings. The predicted octanol–water partition coefficient (Wildman–Crippen LogP) is 2.21. The second kappa shape index (κ2) is 10.8. The van der Waals surface area contributed by atoms with Crippen molar-refractivity contribution in [2.45, 2.75) is 45.4 Å². The lowest BCUT2D eigenvalue weighted by molar-refractivity contribution is -0.151. The number of carbonyl (C=O) groups is 2. The predicted molar refractivity (Wildman–Crippen MR) is 113 cm³/mol. The van der Waals surface area contributed by atoms with Crippen molar-refractivity contribution in [1.29, 1.82) is 0 Å². The standard InChI is InChI=1S/C21H32N2O6S/c1-5-23(30(26,27)18-8-9-19(28-6-2)16(4)14-18)15-20(24)22-12-10-17(11-13-22)21(25)29-7-3/h8-9,14,17H,5-7,10-13,15H2,1-4H3. The lowest BCUT2D eigenvalue weighted by atomic mass is 9.97. The van der Waals surface area contributed by atoms with Crippen molar-refractivity contribution < 1.29 is 27.5 Å². The van der Waals surface area contributed by atoms with Crippen molar-refractivity contribution in [1.82, 2.24) is 9.21 Å². The van der Waals surface area contributed by atoms with Gasteiger partial charge in [0.1, 0.15) is 5.75 Å². The molecule has 0 atom stereocenters. The largest absolute Gasteiger partial charge is 0.494 e. The molecule has 0 N–H and O–H groups in total. The van der Waals surface area contributed by atoms with E-state index in [1.54, 1.807) is 37.8 Å². The van der Waals surface area contributed by atoms with Crippen LogP contribution in [0.15, 0.2) is 23.1 Å². The lowest BCUT2D eigenvalue weighted by Gasteiger charge is -2.32. The topological polar surface area (TPSA) is 93.2 Å². The maximum Gasteiger partial charge on any atom is 0.309 e. The highest BCUT2D eigenvalue weighted by molar-refractivity contribution is 7.89. The number of aryl methyl sites for hydroxylation is 1. The summed E-state index contributed by atoms with van der Waals surface area (Å²) in [6.45, 7) is 8.76. The van der Waals surface area contributed by atoms with E-state index in [4.69, 9.17) is 9.47 Å². The normalized spacial score (nSPS) is 15.3. The third-order valence-corrected chi connectivity index (χ3v) is 7.13. The Labute approximate surface area is 179 Å². The molecule has 0 aliphatic carbocycles. The summed E-state index contributed by atoms with van der Waals surface area (Å²) in [6.07, 6.45) is 1.06. The number of hydrogen-bond donors (Lipinski definition) is 0. The van der Waals surface area contributed by atoms with Crippen LogP contribution in [-0.4, -0.2) is 68.9 Å². The molecular formula is C21H32N2O6S. The van der Waals surface area contributed by atoms with E-state index in [0.29, 0.717) is 44.9 Å². The van der Waals surface area contributed by atoms with Gasteiger partial charge in [-0.15, -0.1) is 0 Å². The van der Waals surface area contributed by atoms with Gasteiger partial charge in [-0.05, 0) is 57.4 Å². The number of rotatable bonds is 9. The maximum absolute atomic E-state index is 13.1. The van der Waals surface area contributed by atoms with Crippen LogP contribution in [-0.2, 0) is 24.3 Å². The molecule has 1 saturated heterocycles. The highest BCUT2D eigenvalue weighted by atomic mass is 32.2. The van der Waals surface area contributed by atoms with Gasteiger partial charge in [-0.2, -0.15) is 4.31 Å². The summed E-state index contributed by atoms with van der Waals surface area (Å²) in [5.74, 6) is -0.0505. The fourth-order valence-corrected chi connectivity index (χ4v) is 4.98. The van der Waals surface area contributed by atoms with Gasteiger partial charge in [0.25, 0.3) is 0 Å². The number of carbonyl (C=O) groups excluding carboxylic acids is 2. The van der Waals surface area contributed by atoms with Gasteiger partial charge in [-0.25, -0.2) is 8.42 Å². The van der Waals surface area contributed by atoms with Gasteiger partial charge in [0.2, 0.25) is 15.9 Å². The van der Waals surface area contributed by atoms with Crippen LogP contribution in [0.4, 0.5) is 0 Å². The zero-order valence-corrected chi connectivity index (χ0v) is 19.0. The van der Waals surface area contributed by atoms with Crippen molar-refractivity contribution in [2.75, 3.05) is 39.4 Å². The van der Waals surface area contributed by atoms with Crippen LogP contribution >= 0.6 is 0 Å². The van der Waals surface area contributed by atoms with Gasteiger partial charge >= 0.3 is 5.97 Å². The fraction of sp³-hybridized carbons (Fsp3) is 0.619. The van der Waals surface area contributed by atoms with E-state index >= 15 is 0 Å². The van der Waals surface area contributed by atoms with Crippen LogP contribution in [0.2, 0.25) is 0 Å². The Hall–Kier alpha value is -2.13. The maximum atomic E-state index is 13.1. The second-order valence-corrected chi connectivity index (χ2v) is 9.14. The smallest absolute Gasteiger partial charge is 0.309 e. The number of amides is 1. The molecule has 1 aliphatic heterocycles. The van der Waals surface area contributed by atoms with E-state index < -0.39 is 10.0 Å². The summed E-state index contributed by atoms with van der Waals surface area (Å²) < 4.78 is 37.8. The Balaban J connectivity index is 2.04. The molecule has 9 heteroatoms. The third kappa shape index (κ3) is 5.72. The number of benzene rings is 1. The summed E-state index contributed by atoms with van der Waals surface area (Å²) in [6, 6.07) is 4.71. The first-order chi connectivity index (χ1) is 14.2. The minimum absolute atomic E-state index is 0.138. The van der Waals surface area contributed by atoms with Crippen LogP contribution in [0.1, 0.15) is 39.2 Å². The quantitative estimate of drug-likeness (QED) is 0.547. The van der Waals surface area contributed by atoms with Crippen LogP contribution in [0.5, 0.6) is 5.75 Å². The molecule has 0 saturated carbocycles. The fourth-order valence-electron chi connectivity index (χ4n) is 3.49. The highest BCUT2D eigenvalue weighted by Gasteiger charge is 2.31. The summed E-state index contributed by atoms with van der Waals surface area (Å²) in [5.41, 5.74) is 0.723. The number of likely N-dealkylation sites (tertiary alicyclic amines) is 1. The molecule has 0 spiro atoms. The number of sulfonamides is 1. The molecular weight excluding hydrogens is 408 g/mol. The summed E-state index contributed by atoms with van der Waals surface area (Å²) >= 11 is 0. The van der Waals surface area contributed by atoms with Gasteiger partial charge in [0.05, 0.1) is 30.6 Å². The van der Waals surface area contributed by atoms with Gasteiger partial charge in [-0.3, -0.25) is 9.59 Å². The van der Waals surface area contributed by atoms with Crippen molar-refractivity contribution in [3.8, 4) is 5.75 Å². The molecule has 1 aliphatic rings. The van der Waals surface area contributed by atoms with E-state index in [0.717, 1.165) is 5.56 Å². The number of hydrogen-bond acceptors (Lipinski definition) is 6. The van der Waals surface area contributed by atoms with Crippen molar-refractivity contribution in [3.05, 3.63) is 23.8 Å². The Kier molecular flexibility index (Phi) is 8.66. The number of piperidine rings is 1. The zero-order chi connectivity index (χ0) is 22.3. The number of esters is 1. The molecule has 168 valence electrons. The van der Waals surface area contributed by atoms with E-state index in [9.17, 15) is 18.0 Å². The molecule has 2 rings (SSSR count). The van der Waals surface area contributed by atoms with Crippen LogP contribution in [0, 0.1) is 12.8 Å². The van der Waals surface area contributed by atoms with Gasteiger partial charge in [-0.1, -0.05) is 6.92 Å². The van der Waals surface area contributed by atoms with Gasteiger partial charge < -0.3 is 14.4 Å². The zero-order valence-electron chi connectivity index (χ0n) is 18.2. The van der Waals surface area contributed by atoms with E-state index in [2.05, 4.69) is 0 Å². The molecule has 30 heavy (non-hydrogen) atoms. The minimum Gasteiger partial charge on any atom is -0.494 e. The Morgan fingerprint density at radius 3 is 2.33 bits per heavy atom. The molecule has 1 amide bonds. The Bertz CT molecular complexity index is 847. The van der Waals surface area contributed by atoms with E-state index in [-0.39, 0.29) is 35.8 Å². The number of nitrogens with zero attached hydrogens (tertiary/aromatic N) is 2. The minimum atomic E-state index is -3.81. The average molecular weight is 441 g/mol. The molecule has 8 nitrogen and oxygen atoms in total. The Morgan fingerprint density at radius 2 is 1.80 bits per heavy atom. The summed E-state index contributed by atoms with van der Waals surface area (Å²) in [4.78, 5) is 26.4. The molecule has 0 radical (unpaired) electrons. The van der Waals surface area contributed by atoms with E-state index in [1.165, 1.54) is 10.4 Å². The first kappa shape index (κ1) is 24.1. The molecule has 0 unspecified atom stereocenters. The highest BCUT2D eigenvalue weighted by Crippen LogP contribution is 2.25. The first-order valence-corrected chi connectivity index (χ1v) is 11.9. The monoisotopic (exact) mass is 440 g/mol. The second-order valence-electron chi connectivity index (χ2n) is 7.20.